The standard InChI is InChI=1S/C13H9N.C7H8N4O2/c1-3-7-12-10(5-1)9-11-6-2-4-8-13(11)14-12;1-10-5-4(8-3-9-5)6(12)11(2)7(10)13/h1-9H;3H,1-2H3,(H,8,9). The van der Waals surface area contributed by atoms with Crippen LogP contribution in [0.5, 0.6) is 0 Å². The first kappa shape index (κ1) is 16.7. The van der Waals surface area contributed by atoms with E-state index < -0.39 is 0 Å². The number of hydrogen-bond donors (Lipinski definition) is 1. The van der Waals surface area contributed by atoms with E-state index in [0.717, 1.165) is 15.6 Å². The van der Waals surface area contributed by atoms with Crippen LogP contribution in [-0.4, -0.2) is 24.1 Å². The molecule has 134 valence electrons. The van der Waals surface area contributed by atoms with Crippen LogP contribution in [0.15, 0.2) is 70.5 Å². The highest BCUT2D eigenvalue weighted by Crippen LogP contribution is 2.18. The number of aryl methyl sites for hydroxylation is 1. The largest absolute Gasteiger partial charge is 0.339 e. The molecule has 0 fully saturated rings. The summed E-state index contributed by atoms with van der Waals surface area (Å²) in [6, 6.07) is 18.6. The zero-order valence-corrected chi connectivity index (χ0v) is 14.9. The first-order valence-electron chi connectivity index (χ1n) is 8.40. The number of nitrogens with zero attached hydrogens (tertiary/aromatic N) is 4. The van der Waals surface area contributed by atoms with Gasteiger partial charge < -0.3 is 4.98 Å². The van der Waals surface area contributed by atoms with Crippen LogP contribution in [0, 0.1) is 0 Å². The summed E-state index contributed by atoms with van der Waals surface area (Å²) in [5.74, 6) is 0. The Hall–Kier alpha value is -3.74. The Bertz CT molecular complexity index is 1290. The number of benzene rings is 2. The summed E-state index contributed by atoms with van der Waals surface area (Å²) in [6.07, 6.45) is 1.39. The van der Waals surface area contributed by atoms with Crippen LogP contribution >= 0.6 is 0 Å². The molecule has 0 saturated carbocycles. The Morgan fingerprint density at radius 1 is 0.852 bits per heavy atom. The molecule has 5 rings (SSSR count). The van der Waals surface area contributed by atoms with Gasteiger partial charge >= 0.3 is 5.69 Å². The summed E-state index contributed by atoms with van der Waals surface area (Å²) >= 11 is 0. The molecule has 2 aromatic carbocycles. The molecule has 1 N–H and O–H groups in total. The number of imidazole rings is 1. The molecule has 27 heavy (non-hydrogen) atoms. The molecule has 0 saturated heterocycles. The van der Waals surface area contributed by atoms with Crippen LogP contribution < -0.4 is 11.2 Å². The molecule has 0 amide bonds. The summed E-state index contributed by atoms with van der Waals surface area (Å²) in [6.45, 7) is 0. The van der Waals surface area contributed by atoms with Gasteiger partial charge in [0.2, 0.25) is 0 Å². The monoisotopic (exact) mass is 359 g/mol. The van der Waals surface area contributed by atoms with Gasteiger partial charge in [0.1, 0.15) is 5.52 Å². The van der Waals surface area contributed by atoms with E-state index in [1.807, 2.05) is 36.4 Å². The van der Waals surface area contributed by atoms with Crippen molar-refractivity contribution in [2.75, 3.05) is 0 Å². The SMILES string of the molecule is Cn1c(=O)c2[nH]cnc2n(C)c1=O.c1ccc2nc3ccccc3cc2c1. The van der Waals surface area contributed by atoms with Gasteiger partial charge in [-0.1, -0.05) is 36.4 Å². The fourth-order valence-corrected chi connectivity index (χ4v) is 2.99. The lowest BCUT2D eigenvalue weighted by Crippen LogP contribution is -2.36. The number of aromatic amines is 1. The molecule has 0 aliphatic rings. The molecule has 0 spiro atoms. The van der Waals surface area contributed by atoms with E-state index in [4.69, 9.17) is 0 Å². The van der Waals surface area contributed by atoms with Gasteiger partial charge in [0.05, 0.1) is 17.4 Å². The van der Waals surface area contributed by atoms with Crippen molar-refractivity contribution in [2.24, 2.45) is 14.1 Å². The maximum absolute atomic E-state index is 11.4. The van der Waals surface area contributed by atoms with Crippen molar-refractivity contribution >= 4 is 33.0 Å². The molecule has 7 heteroatoms. The molecule has 0 aliphatic heterocycles. The van der Waals surface area contributed by atoms with Crippen molar-refractivity contribution in [3.8, 4) is 0 Å². The van der Waals surface area contributed by atoms with Crippen LogP contribution in [-0.2, 0) is 14.1 Å². The van der Waals surface area contributed by atoms with E-state index in [1.54, 1.807) is 7.05 Å². The third kappa shape index (κ3) is 2.89. The minimum atomic E-state index is -0.371. The maximum atomic E-state index is 11.4. The minimum Gasteiger partial charge on any atom is -0.339 e. The van der Waals surface area contributed by atoms with Crippen molar-refractivity contribution in [1.82, 2.24) is 24.1 Å². The van der Waals surface area contributed by atoms with Gasteiger partial charge in [-0.05, 0) is 18.2 Å². The second kappa shape index (κ2) is 6.53. The minimum absolute atomic E-state index is 0.351. The van der Waals surface area contributed by atoms with Crippen molar-refractivity contribution in [1.29, 1.82) is 0 Å². The summed E-state index contributed by atoms with van der Waals surface area (Å²) < 4.78 is 2.37. The number of nitrogens with one attached hydrogen (secondary N) is 1. The highest BCUT2D eigenvalue weighted by atomic mass is 16.2. The molecule has 0 aliphatic carbocycles. The fraction of sp³-hybridized carbons (Fsp3) is 0.100. The summed E-state index contributed by atoms with van der Waals surface area (Å²) in [5, 5.41) is 2.40. The van der Waals surface area contributed by atoms with E-state index in [-0.39, 0.29) is 11.2 Å². The van der Waals surface area contributed by atoms with Crippen molar-refractivity contribution in [3.05, 3.63) is 81.8 Å². The Balaban J connectivity index is 0.000000134. The van der Waals surface area contributed by atoms with Crippen molar-refractivity contribution in [2.45, 2.75) is 0 Å². The molecule has 7 nitrogen and oxygen atoms in total. The number of H-pyrrole nitrogens is 1. The topological polar surface area (TPSA) is 85.6 Å². The van der Waals surface area contributed by atoms with Crippen molar-refractivity contribution < 1.29 is 0 Å². The molecule has 0 atom stereocenters. The Morgan fingerprint density at radius 2 is 1.44 bits per heavy atom. The number of aromatic nitrogens is 5. The van der Waals surface area contributed by atoms with Crippen LogP contribution in [0.1, 0.15) is 0 Å². The highest BCUT2D eigenvalue weighted by molar-refractivity contribution is 5.92. The second-order valence-electron chi connectivity index (χ2n) is 6.18. The van der Waals surface area contributed by atoms with Gasteiger partial charge in [0.15, 0.2) is 5.65 Å². The maximum Gasteiger partial charge on any atom is 0.332 e. The molecule has 0 unspecified atom stereocenters. The van der Waals surface area contributed by atoms with Crippen LogP contribution in [0.2, 0.25) is 0 Å². The number of rotatable bonds is 0. The number of para-hydroxylation sites is 2. The number of hydrogen-bond acceptors (Lipinski definition) is 4. The molecule has 3 aromatic heterocycles. The Kier molecular flexibility index (Phi) is 4.04. The van der Waals surface area contributed by atoms with Crippen LogP contribution in [0.25, 0.3) is 33.0 Å². The van der Waals surface area contributed by atoms with E-state index in [1.165, 1.54) is 28.7 Å². The van der Waals surface area contributed by atoms with Gasteiger partial charge in [-0.25, -0.2) is 14.8 Å². The zero-order chi connectivity index (χ0) is 19.0. The fourth-order valence-electron chi connectivity index (χ4n) is 2.99. The lowest BCUT2D eigenvalue weighted by atomic mass is 10.1. The lowest BCUT2D eigenvalue weighted by Gasteiger charge is -2.00. The van der Waals surface area contributed by atoms with E-state index in [9.17, 15) is 9.59 Å². The van der Waals surface area contributed by atoms with E-state index in [0.29, 0.717) is 11.2 Å². The molecule has 5 aromatic rings. The molecule has 0 radical (unpaired) electrons. The summed E-state index contributed by atoms with van der Waals surface area (Å²) in [5.41, 5.74) is 2.13. The highest BCUT2D eigenvalue weighted by Gasteiger charge is 2.08. The quantitative estimate of drug-likeness (QED) is 0.430. The van der Waals surface area contributed by atoms with Gasteiger partial charge in [0, 0.05) is 24.9 Å². The Labute approximate surface area is 153 Å². The van der Waals surface area contributed by atoms with Gasteiger partial charge in [-0.3, -0.25) is 13.9 Å². The smallest absolute Gasteiger partial charge is 0.332 e. The molecule has 3 heterocycles. The third-order valence-corrected chi connectivity index (χ3v) is 4.45. The predicted molar refractivity (Wildman–Crippen MR) is 106 cm³/mol. The van der Waals surface area contributed by atoms with Gasteiger partial charge in [0.25, 0.3) is 5.56 Å². The van der Waals surface area contributed by atoms with Gasteiger partial charge in [-0.2, -0.15) is 0 Å². The van der Waals surface area contributed by atoms with Crippen molar-refractivity contribution in [3.63, 3.8) is 0 Å². The van der Waals surface area contributed by atoms with Gasteiger partial charge in [-0.15, -0.1) is 0 Å². The number of pyridine rings is 1. The Morgan fingerprint density at radius 3 is 2.07 bits per heavy atom. The zero-order valence-electron chi connectivity index (χ0n) is 14.9. The molecular formula is C20H17N5O2. The average Bonchev–Trinajstić information content (AvgIpc) is 3.20. The average molecular weight is 359 g/mol. The summed E-state index contributed by atoms with van der Waals surface area (Å²) in [4.78, 5) is 34.0. The first-order chi connectivity index (χ1) is 13.1. The van der Waals surface area contributed by atoms with E-state index >= 15 is 0 Å². The normalized spacial score (nSPS) is 10.9. The number of fused-ring (bicyclic) bond motifs is 3. The predicted octanol–water partition coefficient (Wildman–Crippen LogP) is 2.35. The molecule has 0 bridgehead atoms. The lowest BCUT2D eigenvalue weighted by molar-refractivity contribution is 0.709. The third-order valence-electron chi connectivity index (χ3n) is 4.45. The van der Waals surface area contributed by atoms with E-state index in [2.05, 4.69) is 33.2 Å². The van der Waals surface area contributed by atoms with Crippen LogP contribution in [0.3, 0.4) is 0 Å². The molecular weight excluding hydrogens is 342 g/mol. The summed E-state index contributed by atoms with van der Waals surface area (Å²) in [7, 11) is 3.01. The van der Waals surface area contributed by atoms with Crippen LogP contribution in [0.4, 0.5) is 0 Å². The second-order valence-corrected chi connectivity index (χ2v) is 6.18. The first-order valence-corrected chi connectivity index (χ1v) is 8.40.